The van der Waals surface area contributed by atoms with Crippen molar-refractivity contribution in [3.05, 3.63) is 47.0 Å². The third-order valence-corrected chi connectivity index (χ3v) is 7.63. The Hall–Kier alpha value is -1.96. The molecule has 6 nitrogen and oxygen atoms in total. The molecule has 7 heteroatoms. The Bertz CT molecular complexity index is 850. The SMILES string of the molecule is Nc1nc(C2(c3ccccc3)CCN(C(=O)[C@]34CNC[C@H]3COC4)CC2)cs1. The Labute approximate surface area is 169 Å². The van der Waals surface area contributed by atoms with Crippen LogP contribution in [0, 0.1) is 11.3 Å². The molecule has 0 radical (unpaired) electrons. The van der Waals surface area contributed by atoms with E-state index in [1.54, 1.807) is 0 Å². The maximum absolute atomic E-state index is 13.5. The van der Waals surface area contributed by atoms with Gasteiger partial charge in [-0.15, -0.1) is 11.3 Å². The fourth-order valence-corrected chi connectivity index (χ4v) is 5.92. The van der Waals surface area contributed by atoms with E-state index in [2.05, 4.69) is 44.8 Å². The molecule has 5 rings (SSSR count). The molecule has 0 unspecified atom stereocenters. The molecule has 3 aliphatic rings. The molecule has 1 amide bonds. The topological polar surface area (TPSA) is 80.5 Å². The Balaban J connectivity index is 1.41. The highest BCUT2D eigenvalue weighted by atomic mass is 32.1. The van der Waals surface area contributed by atoms with Gasteiger partial charge in [0, 0.05) is 42.9 Å². The Morgan fingerprint density at radius 3 is 2.79 bits per heavy atom. The van der Waals surface area contributed by atoms with Crippen LogP contribution in [0.1, 0.15) is 24.1 Å². The second-order valence-corrected chi connectivity index (χ2v) is 9.20. The first-order valence-corrected chi connectivity index (χ1v) is 10.9. The number of amides is 1. The first-order chi connectivity index (χ1) is 13.6. The summed E-state index contributed by atoms with van der Waals surface area (Å²) in [5, 5.41) is 6.09. The zero-order valence-electron chi connectivity index (χ0n) is 15.9. The molecule has 3 aliphatic heterocycles. The number of nitrogen functional groups attached to an aromatic ring is 1. The molecule has 3 saturated heterocycles. The van der Waals surface area contributed by atoms with Crippen molar-refractivity contribution in [1.29, 1.82) is 0 Å². The number of hydrogen-bond acceptors (Lipinski definition) is 6. The minimum absolute atomic E-state index is 0.177. The summed E-state index contributed by atoms with van der Waals surface area (Å²) < 4.78 is 5.70. The van der Waals surface area contributed by atoms with Crippen LogP contribution in [0.5, 0.6) is 0 Å². The summed E-state index contributed by atoms with van der Waals surface area (Å²) in [6, 6.07) is 10.5. The summed E-state index contributed by atoms with van der Waals surface area (Å²) in [5.74, 6) is 0.568. The molecule has 0 saturated carbocycles. The van der Waals surface area contributed by atoms with E-state index in [4.69, 9.17) is 10.5 Å². The number of aromatic nitrogens is 1. The maximum atomic E-state index is 13.5. The maximum Gasteiger partial charge on any atom is 0.232 e. The largest absolute Gasteiger partial charge is 0.380 e. The molecule has 1 aromatic carbocycles. The second-order valence-electron chi connectivity index (χ2n) is 8.31. The summed E-state index contributed by atoms with van der Waals surface area (Å²) in [6.45, 7) is 4.33. The molecule has 2 atom stereocenters. The number of anilines is 1. The van der Waals surface area contributed by atoms with E-state index < -0.39 is 0 Å². The molecule has 3 fully saturated rings. The van der Waals surface area contributed by atoms with E-state index >= 15 is 0 Å². The van der Waals surface area contributed by atoms with Crippen LogP contribution in [0.3, 0.4) is 0 Å². The molecule has 2 aromatic rings. The predicted molar refractivity (Wildman–Crippen MR) is 109 cm³/mol. The third-order valence-electron chi connectivity index (χ3n) is 6.96. The van der Waals surface area contributed by atoms with Crippen LogP contribution in [-0.4, -0.2) is 55.2 Å². The average Bonchev–Trinajstić information content (AvgIpc) is 3.44. The number of nitrogens with zero attached hydrogens (tertiary/aromatic N) is 2. The van der Waals surface area contributed by atoms with Gasteiger partial charge in [-0.1, -0.05) is 30.3 Å². The van der Waals surface area contributed by atoms with Gasteiger partial charge in [-0.2, -0.15) is 0 Å². The number of nitrogens with one attached hydrogen (secondary N) is 1. The molecule has 0 bridgehead atoms. The number of benzene rings is 1. The number of piperidine rings is 1. The van der Waals surface area contributed by atoms with Gasteiger partial charge in [0.15, 0.2) is 5.13 Å². The molecule has 3 N–H and O–H groups in total. The molecular formula is C21H26N4O2S. The molecular weight excluding hydrogens is 372 g/mol. The molecule has 0 aliphatic carbocycles. The minimum Gasteiger partial charge on any atom is -0.380 e. The van der Waals surface area contributed by atoms with Crippen molar-refractivity contribution in [3.63, 3.8) is 0 Å². The summed E-state index contributed by atoms with van der Waals surface area (Å²) in [7, 11) is 0. The highest BCUT2D eigenvalue weighted by Gasteiger charge is 2.55. The summed E-state index contributed by atoms with van der Waals surface area (Å²) >= 11 is 1.49. The quantitative estimate of drug-likeness (QED) is 0.825. The van der Waals surface area contributed by atoms with Gasteiger partial charge in [0.05, 0.1) is 24.3 Å². The smallest absolute Gasteiger partial charge is 0.232 e. The molecule has 148 valence electrons. The first kappa shape index (κ1) is 18.1. The van der Waals surface area contributed by atoms with Crippen molar-refractivity contribution in [2.24, 2.45) is 11.3 Å². The van der Waals surface area contributed by atoms with Crippen LogP contribution < -0.4 is 11.1 Å². The van der Waals surface area contributed by atoms with Gasteiger partial charge in [0.1, 0.15) is 0 Å². The predicted octanol–water partition coefficient (Wildman–Crippen LogP) is 1.87. The van der Waals surface area contributed by atoms with Gasteiger partial charge in [-0.05, 0) is 18.4 Å². The number of fused-ring (bicyclic) bond motifs is 1. The number of carbonyl (C=O) groups excluding carboxylic acids is 1. The molecule has 1 aromatic heterocycles. The van der Waals surface area contributed by atoms with E-state index in [0.29, 0.717) is 24.3 Å². The van der Waals surface area contributed by atoms with Crippen molar-refractivity contribution in [1.82, 2.24) is 15.2 Å². The van der Waals surface area contributed by atoms with Crippen molar-refractivity contribution < 1.29 is 9.53 Å². The Kier molecular flexibility index (Phi) is 4.41. The lowest BCUT2D eigenvalue weighted by Gasteiger charge is -2.43. The van der Waals surface area contributed by atoms with Gasteiger partial charge in [-0.25, -0.2) is 4.98 Å². The summed E-state index contributed by atoms with van der Waals surface area (Å²) in [5.41, 5.74) is 7.72. The molecule has 4 heterocycles. The lowest BCUT2D eigenvalue weighted by atomic mass is 9.70. The van der Waals surface area contributed by atoms with Crippen molar-refractivity contribution >= 4 is 22.4 Å². The number of ether oxygens (including phenoxy) is 1. The number of hydrogen-bond donors (Lipinski definition) is 2. The van der Waals surface area contributed by atoms with Crippen molar-refractivity contribution in [2.75, 3.05) is 45.1 Å². The van der Waals surface area contributed by atoms with Crippen LogP contribution in [0.15, 0.2) is 35.7 Å². The summed E-state index contributed by atoms with van der Waals surface area (Å²) in [6.07, 6.45) is 1.72. The Morgan fingerprint density at radius 2 is 2.07 bits per heavy atom. The van der Waals surface area contributed by atoms with Gasteiger partial charge < -0.3 is 20.7 Å². The second kappa shape index (κ2) is 6.83. The van der Waals surface area contributed by atoms with E-state index in [9.17, 15) is 4.79 Å². The first-order valence-electron chi connectivity index (χ1n) is 9.99. The number of rotatable bonds is 3. The molecule has 0 spiro atoms. The zero-order chi connectivity index (χ0) is 19.2. The van der Waals surface area contributed by atoms with Crippen molar-refractivity contribution in [2.45, 2.75) is 18.3 Å². The van der Waals surface area contributed by atoms with Gasteiger partial charge in [0.25, 0.3) is 0 Å². The monoisotopic (exact) mass is 398 g/mol. The van der Waals surface area contributed by atoms with E-state index in [0.717, 1.165) is 44.7 Å². The number of carbonyl (C=O) groups is 1. The lowest BCUT2D eigenvalue weighted by molar-refractivity contribution is -0.144. The lowest BCUT2D eigenvalue weighted by Crippen LogP contribution is -2.53. The van der Waals surface area contributed by atoms with Gasteiger partial charge >= 0.3 is 0 Å². The van der Waals surface area contributed by atoms with E-state index in [1.165, 1.54) is 16.9 Å². The van der Waals surface area contributed by atoms with Crippen LogP contribution in [0.2, 0.25) is 0 Å². The summed E-state index contributed by atoms with van der Waals surface area (Å²) in [4.78, 5) is 20.2. The number of nitrogens with two attached hydrogens (primary N) is 1. The van der Waals surface area contributed by atoms with Gasteiger partial charge in [-0.3, -0.25) is 4.79 Å². The van der Waals surface area contributed by atoms with E-state index in [-0.39, 0.29) is 16.7 Å². The number of likely N-dealkylation sites (tertiary alicyclic amines) is 1. The van der Waals surface area contributed by atoms with Crippen LogP contribution in [0.4, 0.5) is 5.13 Å². The normalized spacial score (nSPS) is 29.0. The number of thiazole rings is 1. The van der Waals surface area contributed by atoms with Gasteiger partial charge in [0.2, 0.25) is 5.91 Å². The highest BCUT2D eigenvalue weighted by Crippen LogP contribution is 2.45. The Morgan fingerprint density at radius 1 is 1.29 bits per heavy atom. The third kappa shape index (κ3) is 2.68. The standard InChI is InChI=1S/C21H26N4O2S/c22-19-24-17(12-28-19)20(15-4-2-1-3-5-15)6-8-25(9-7-20)18(26)21-13-23-10-16(21)11-27-14-21/h1-5,12,16,23H,6-11,13-14H2,(H2,22,24)/t16-,21-/m0/s1. The average molecular weight is 399 g/mol. The van der Waals surface area contributed by atoms with Crippen LogP contribution in [0.25, 0.3) is 0 Å². The zero-order valence-corrected chi connectivity index (χ0v) is 16.7. The van der Waals surface area contributed by atoms with Crippen molar-refractivity contribution in [3.8, 4) is 0 Å². The van der Waals surface area contributed by atoms with E-state index in [1.807, 2.05) is 6.07 Å². The van der Waals surface area contributed by atoms with Crippen LogP contribution >= 0.6 is 11.3 Å². The van der Waals surface area contributed by atoms with Crippen LogP contribution in [-0.2, 0) is 14.9 Å². The fraction of sp³-hybridized carbons (Fsp3) is 0.524. The molecule has 28 heavy (non-hydrogen) atoms. The highest BCUT2D eigenvalue weighted by molar-refractivity contribution is 7.13. The minimum atomic E-state index is -0.363. The fourth-order valence-electron chi connectivity index (χ4n) is 5.26.